The van der Waals surface area contributed by atoms with Gasteiger partial charge in [-0.1, -0.05) is 48.5 Å². The lowest BCUT2D eigenvalue weighted by atomic mass is 9.87. The fourth-order valence-corrected chi connectivity index (χ4v) is 3.42. The topological polar surface area (TPSA) is 53.3 Å². The highest BCUT2D eigenvalue weighted by Gasteiger charge is 2.35. The Morgan fingerprint density at radius 3 is 2.58 bits per heavy atom. The third-order valence-electron chi connectivity index (χ3n) is 4.58. The van der Waals surface area contributed by atoms with Crippen molar-refractivity contribution in [2.24, 2.45) is 5.92 Å². The van der Waals surface area contributed by atoms with Crippen LogP contribution in [0.4, 0.5) is 0 Å². The summed E-state index contributed by atoms with van der Waals surface area (Å²) in [4.78, 5) is 14.3. The van der Waals surface area contributed by atoms with Gasteiger partial charge in [0.1, 0.15) is 0 Å². The Bertz CT molecular complexity index is 752. The molecule has 0 N–H and O–H groups in total. The van der Waals surface area contributed by atoms with Crippen LogP contribution in [0.3, 0.4) is 0 Å². The molecule has 4 heteroatoms. The largest absolute Gasteiger partial charge is 0.465 e. The second kappa shape index (κ2) is 7.29. The Balaban J connectivity index is 1.84. The third-order valence-corrected chi connectivity index (χ3v) is 4.58. The van der Waals surface area contributed by atoms with Crippen LogP contribution in [0.25, 0.3) is 0 Å². The molecule has 4 nitrogen and oxygen atoms in total. The molecule has 0 radical (unpaired) electrons. The van der Waals surface area contributed by atoms with Crippen LogP contribution in [0, 0.1) is 17.2 Å². The molecular weight excluding hydrogens is 300 g/mol. The van der Waals surface area contributed by atoms with Gasteiger partial charge in [0.25, 0.3) is 0 Å². The zero-order chi connectivity index (χ0) is 16.9. The number of nitriles is 1. The molecule has 0 spiro atoms. The van der Waals surface area contributed by atoms with Gasteiger partial charge in [0.15, 0.2) is 0 Å². The maximum absolute atomic E-state index is 12.0. The molecule has 0 aromatic heterocycles. The van der Waals surface area contributed by atoms with Crippen LogP contribution in [0.15, 0.2) is 54.6 Å². The second-order valence-electron chi connectivity index (χ2n) is 6.10. The Labute approximate surface area is 142 Å². The molecule has 0 amide bonds. The Morgan fingerprint density at radius 1 is 1.17 bits per heavy atom. The zero-order valence-electron chi connectivity index (χ0n) is 13.7. The molecule has 24 heavy (non-hydrogen) atoms. The second-order valence-corrected chi connectivity index (χ2v) is 6.10. The van der Waals surface area contributed by atoms with E-state index in [0.717, 1.165) is 18.7 Å². The first kappa shape index (κ1) is 16.2. The van der Waals surface area contributed by atoms with E-state index in [-0.39, 0.29) is 17.8 Å². The molecule has 1 saturated heterocycles. The van der Waals surface area contributed by atoms with Gasteiger partial charge < -0.3 is 4.74 Å². The summed E-state index contributed by atoms with van der Waals surface area (Å²) in [5.74, 6) is -0.447. The number of nitrogens with zero attached hydrogens (tertiary/aromatic N) is 2. The zero-order valence-corrected chi connectivity index (χ0v) is 13.7. The van der Waals surface area contributed by atoms with E-state index < -0.39 is 0 Å². The van der Waals surface area contributed by atoms with Crippen molar-refractivity contribution in [2.75, 3.05) is 20.2 Å². The summed E-state index contributed by atoms with van der Waals surface area (Å²) < 4.78 is 4.89. The minimum atomic E-state index is -0.344. The summed E-state index contributed by atoms with van der Waals surface area (Å²) in [7, 11) is 1.39. The summed E-state index contributed by atoms with van der Waals surface area (Å²) in [6.07, 6.45) is 0. The first-order valence-corrected chi connectivity index (χ1v) is 8.06. The van der Waals surface area contributed by atoms with Crippen LogP contribution in [0.5, 0.6) is 0 Å². The molecule has 0 aliphatic carbocycles. The maximum atomic E-state index is 12.0. The van der Waals surface area contributed by atoms with E-state index in [2.05, 4.69) is 23.1 Å². The number of methoxy groups -OCH3 is 1. The van der Waals surface area contributed by atoms with E-state index in [1.807, 2.05) is 36.4 Å². The maximum Gasteiger partial charge on any atom is 0.338 e. The summed E-state index contributed by atoms with van der Waals surface area (Å²) >= 11 is 0. The number of hydrogen-bond acceptors (Lipinski definition) is 4. The molecule has 2 unspecified atom stereocenters. The molecule has 2 aromatic carbocycles. The number of likely N-dealkylation sites (tertiary alicyclic amines) is 1. The van der Waals surface area contributed by atoms with E-state index in [1.165, 1.54) is 12.7 Å². The Morgan fingerprint density at radius 2 is 1.88 bits per heavy atom. The normalized spacial score (nSPS) is 20.5. The van der Waals surface area contributed by atoms with Gasteiger partial charge in [-0.3, -0.25) is 4.90 Å². The number of ether oxygens (including phenoxy) is 1. The smallest absolute Gasteiger partial charge is 0.338 e. The van der Waals surface area contributed by atoms with Crippen molar-refractivity contribution in [1.82, 2.24) is 4.90 Å². The molecule has 122 valence electrons. The van der Waals surface area contributed by atoms with Gasteiger partial charge >= 0.3 is 5.97 Å². The van der Waals surface area contributed by atoms with E-state index in [1.54, 1.807) is 6.07 Å². The van der Waals surface area contributed by atoms with E-state index in [9.17, 15) is 10.1 Å². The molecule has 1 aliphatic heterocycles. The molecule has 0 bridgehead atoms. The van der Waals surface area contributed by atoms with Gasteiger partial charge in [-0.15, -0.1) is 0 Å². The average molecular weight is 320 g/mol. The molecule has 1 aliphatic rings. The minimum Gasteiger partial charge on any atom is -0.465 e. The Hall–Kier alpha value is -2.64. The number of esters is 1. The molecule has 1 heterocycles. The van der Waals surface area contributed by atoms with Crippen molar-refractivity contribution in [2.45, 2.75) is 12.5 Å². The van der Waals surface area contributed by atoms with Gasteiger partial charge in [-0.05, 0) is 17.2 Å². The molecule has 1 fully saturated rings. The van der Waals surface area contributed by atoms with Gasteiger partial charge in [-0.25, -0.2) is 4.79 Å². The summed E-state index contributed by atoms with van der Waals surface area (Å²) in [5, 5.41) is 9.58. The predicted octanol–water partition coefficient (Wildman–Crippen LogP) is 3.21. The lowest BCUT2D eigenvalue weighted by Crippen LogP contribution is -2.20. The van der Waals surface area contributed by atoms with Crippen molar-refractivity contribution in [1.29, 1.82) is 5.26 Å². The van der Waals surface area contributed by atoms with Gasteiger partial charge in [-0.2, -0.15) is 5.26 Å². The molecule has 0 saturated carbocycles. The average Bonchev–Trinajstić information content (AvgIpc) is 3.04. The molecule has 3 rings (SSSR count). The third kappa shape index (κ3) is 3.32. The van der Waals surface area contributed by atoms with Crippen molar-refractivity contribution in [3.05, 3.63) is 71.3 Å². The SMILES string of the molecule is COC(=O)c1ccccc1C1CN(Cc2ccccc2)CC1C#N. The van der Waals surface area contributed by atoms with Crippen LogP contribution >= 0.6 is 0 Å². The van der Waals surface area contributed by atoms with E-state index in [0.29, 0.717) is 12.1 Å². The fourth-order valence-electron chi connectivity index (χ4n) is 3.42. The summed E-state index contributed by atoms with van der Waals surface area (Å²) in [6, 6.07) is 20.1. The number of hydrogen-bond donors (Lipinski definition) is 0. The number of carbonyl (C=O) groups is 1. The highest BCUT2D eigenvalue weighted by molar-refractivity contribution is 5.91. The first-order valence-electron chi connectivity index (χ1n) is 8.06. The van der Waals surface area contributed by atoms with Crippen LogP contribution < -0.4 is 0 Å². The van der Waals surface area contributed by atoms with Crippen LogP contribution in [0.1, 0.15) is 27.4 Å². The monoisotopic (exact) mass is 320 g/mol. The quantitative estimate of drug-likeness (QED) is 0.812. The van der Waals surface area contributed by atoms with Crippen molar-refractivity contribution in [3.8, 4) is 6.07 Å². The van der Waals surface area contributed by atoms with Crippen molar-refractivity contribution in [3.63, 3.8) is 0 Å². The molecule has 2 aromatic rings. The van der Waals surface area contributed by atoms with Crippen LogP contribution in [-0.4, -0.2) is 31.1 Å². The van der Waals surface area contributed by atoms with Gasteiger partial charge in [0.2, 0.25) is 0 Å². The van der Waals surface area contributed by atoms with Gasteiger partial charge in [0.05, 0.1) is 24.7 Å². The highest BCUT2D eigenvalue weighted by Crippen LogP contribution is 2.35. The molecular formula is C20H20N2O2. The van der Waals surface area contributed by atoms with Crippen LogP contribution in [-0.2, 0) is 11.3 Å². The van der Waals surface area contributed by atoms with E-state index >= 15 is 0 Å². The predicted molar refractivity (Wildman–Crippen MR) is 91.3 cm³/mol. The highest BCUT2D eigenvalue weighted by atomic mass is 16.5. The standard InChI is InChI=1S/C20H20N2O2/c1-24-20(23)18-10-6-5-9-17(18)19-14-22(13-16(19)11-21)12-15-7-3-2-4-8-15/h2-10,16,19H,12-14H2,1H3. The van der Waals surface area contributed by atoms with Crippen molar-refractivity contribution >= 4 is 5.97 Å². The lowest BCUT2D eigenvalue weighted by Gasteiger charge is -2.18. The van der Waals surface area contributed by atoms with E-state index in [4.69, 9.17) is 4.74 Å². The van der Waals surface area contributed by atoms with Gasteiger partial charge in [0, 0.05) is 25.6 Å². The summed E-state index contributed by atoms with van der Waals surface area (Å²) in [6.45, 7) is 2.29. The number of carbonyl (C=O) groups excluding carboxylic acids is 1. The number of benzene rings is 2. The van der Waals surface area contributed by atoms with Crippen LogP contribution in [0.2, 0.25) is 0 Å². The lowest BCUT2D eigenvalue weighted by molar-refractivity contribution is 0.0598. The minimum absolute atomic E-state index is 0.0222. The Kier molecular flexibility index (Phi) is 4.93. The summed E-state index contributed by atoms with van der Waals surface area (Å²) in [5.41, 5.74) is 2.70. The fraction of sp³-hybridized carbons (Fsp3) is 0.300. The first-order chi connectivity index (χ1) is 11.7. The molecule has 2 atom stereocenters. The van der Waals surface area contributed by atoms with Crippen molar-refractivity contribution < 1.29 is 9.53 Å². The number of rotatable bonds is 4.